The second kappa shape index (κ2) is 11.8. The van der Waals surface area contributed by atoms with Crippen LogP contribution in [-0.2, 0) is 18.4 Å². The van der Waals surface area contributed by atoms with E-state index in [9.17, 15) is 19.6 Å². The maximum Gasteiger partial charge on any atom is 0.400 e. The summed E-state index contributed by atoms with van der Waals surface area (Å²) in [6.45, 7) is 12.3. The molecule has 35 heavy (non-hydrogen) atoms. The lowest BCUT2D eigenvalue weighted by atomic mass is 9.61. The number of hydrogen-bond donors (Lipinski definition) is 2. The Balaban J connectivity index is 1.75. The molecule has 3 saturated carbocycles. The Bertz CT molecular complexity index is 924. The van der Waals surface area contributed by atoms with E-state index >= 15 is 0 Å². The molecule has 7 heteroatoms. The molecule has 1 unspecified atom stereocenters. The normalized spacial score (nSPS) is 35.1. The van der Waals surface area contributed by atoms with Crippen molar-refractivity contribution in [3.8, 4) is 0 Å². The number of aliphatic hydroxyl groups is 2. The molecule has 3 rings (SSSR count). The largest absolute Gasteiger partial charge is 0.400 e. The van der Waals surface area contributed by atoms with Gasteiger partial charge in [0, 0.05) is 6.42 Å². The number of carbonyl (C=O) groups is 1. The van der Waals surface area contributed by atoms with E-state index in [1.165, 1.54) is 11.6 Å². The van der Waals surface area contributed by atoms with E-state index in [0.717, 1.165) is 43.3 Å². The summed E-state index contributed by atoms with van der Waals surface area (Å²) in [7, 11) is -3.77. The molecule has 0 aliphatic heterocycles. The first kappa shape index (κ1) is 28.3. The summed E-state index contributed by atoms with van der Waals surface area (Å²) in [5.41, 5.74) is 2.63. The molecule has 196 valence electrons. The lowest BCUT2D eigenvalue weighted by Crippen LogP contribution is -2.35. The second-order valence-electron chi connectivity index (χ2n) is 10.6. The van der Waals surface area contributed by atoms with Gasteiger partial charge < -0.3 is 19.3 Å². The number of allylic oxidation sites excluding steroid dienone is 5. The highest BCUT2D eigenvalue weighted by Gasteiger charge is 2.50. The third-order valence-electron chi connectivity index (χ3n) is 8.35. The Hall–Kier alpha value is -1.30. The van der Waals surface area contributed by atoms with Crippen LogP contribution in [0.25, 0.3) is 0 Å². The fourth-order valence-electron chi connectivity index (χ4n) is 6.57. The van der Waals surface area contributed by atoms with Crippen LogP contribution in [0.4, 0.5) is 0 Å². The smallest absolute Gasteiger partial charge is 0.393 e. The number of aliphatic hydroxyl groups excluding tert-OH is 2. The van der Waals surface area contributed by atoms with Gasteiger partial charge in [0.1, 0.15) is 0 Å². The van der Waals surface area contributed by atoms with Crippen LogP contribution in [-0.4, -0.2) is 41.2 Å². The Morgan fingerprint density at radius 1 is 1.23 bits per heavy atom. The van der Waals surface area contributed by atoms with Crippen LogP contribution in [0.15, 0.2) is 47.6 Å². The molecule has 2 N–H and O–H groups in total. The van der Waals surface area contributed by atoms with Crippen LogP contribution in [0, 0.1) is 23.2 Å². The topological polar surface area (TPSA) is 93.1 Å². The molecule has 0 saturated heterocycles. The van der Waals surface area contributed by atoms with E-state index in [-0.39, 0.29) is 24.5 Å². The predicted octanol–water partition coefficient (Wildman–Crippen LogP) is 6.11. The summed E-state index contributed by atoms with van der Waals surface area (Å²) in [4.78, 5) is 12.6. The first-order chi connectivity index (χ1) is 16.6. The van der Waals surface area contributed by atoms with Crippen LogP contribution >= 0.6 is 7.60 Å². The van der Waals surface area contributed by atoms with E-state index in [1.807, 2.05) is 6.08 Å². The van der Waals surface area contributed by atoms with Gasteiger partial charge >= 0.3 is 7.60 Å². The van der Waals surface area contributed by atoms with E-state index in [4.69, 9.17) is 9.05 Å². The van der Waals surface area contributed by atoms with Crippen molar-refractivity contribution >= 4 is 13.1 Å². The number of fused-ring (bicyclic) bond motifs is 1. The van der Waals surface area contributed by atoms with Gasteiger partial charge in [0.15, 0.2) is 0 Å². The van der Waals surface area contributed by atoms with Gasteiger partial charge in [-0.05, 0) is 92.8 Å². The maximum atomic E-state index is 12.8. The number of carbonyl (C=O) groups excluding carboxylic acids is 1. The Kier molecular flexibility index (Phi) is 9.56. The molecule has 6 nitrogen and oxygen atoms in total. The van der Waals surface area contributed by atoms with E-state index in [1.54, 1.807) is 13.8 Å². The quantitative estimate of drug-likeness (QED) is 0.289. The maximum absolute atomic E-state index is 12.8. The first-order valence-electron chi connectivity index (χ1n) is 13.1. The van der Waals surface area contributed by atoms with Crippen molar-refractivity contribution < 1.29 is 28.6 Å². The van der Waals surface area contributed by atoms with Gasteiger partial charge in [0.2, 0.25) is 0 Å². The predicted molar refractivity (Wildman–Crippen MR) is 139 cm³/mol. The molecule has 0 bridgehead atoms. The standard InChI is InChI=1S/C28H43O6P/c1-6-33-35(32,34-7-2)27(31)15-10-19(3)24-13-14-25-21(9-8-16-28(24,25)5)11-12-22-17-23(29)18-26(30)20(22)4/h10-12,15,19,23-26,29-30H,4,6-9,13-14,16-18H2,1-3,5H3/t19-,23-,24-,25?,26+,28-/m1/s1. The van der Waals surface area contributed by atoms with E-state index in [2.05, 4.69) is 32.6 Å². The average molecular weight is 507 g/mol. The van der Waals surface area contributed by atoms with Crippen LogP contribution in [0.5, 0.6) is 0 Å². The molecule has 6 atom stereocenters. The number of rotatable bonds is 9. The minimum atomic E-state index is -3.77. The molecular weight excluding hydrogens is 463 g/mol. The Labute approximate surface area is 210 Å². The molecule has 0 aromatic heterocycles. The zero-order valence-corrected chi connectivity index (χ0v) is 22.6. The summed E-state index contributed by atoms with van der Waals surface area (Å²) in [6, 6.07) is 0. The van der Waals surface area contributed by atoms with Crippen LogP contribution in [0.2, 0.25) is 0 Å². The van der Waals surface area contributed by atoms with Gasteiger partial charge in [-0.3, -0.25) is 9.36 Å². The van der Waals surface area contributed by atoms with Gasteiger partial charge in [0.05, 0.1) is 25.4 Å². The third kappa shape index (κ3) is 6.17. The fourth-order valence-corrected chi connectivity index (χ4v) is 7.85. The fraction of sp³-hybridized carbons (Fsp3) is 0.679. The second-order valence-corrected chi connectivity index (χ2v) is 12.5. The Morgan fingerprint density at radius 2 is 1.91 bits per heavy atom. The molecule has 3 fully saturated rings. The summed E-state index contributed by atoms with van der Waals surface area (Å²) in [5, 5.41) is 20.2. The van der Waals surface area contributed by atoms with Gasteiger partial charge in [0.25, 0.3) is 5.52 Å². The Morgan fingerprint density at radius 3 is 2.57 bits per heavy atom. The summed E-state index contributed by atoms with van der Waals surface area (Å²) < 4.78 is 23.1. The molecule has 0 aromatic rings. The van der Waals surface area contributed by atoms with Crippen molar-refractivity contribution in [1.82, 2.24) is 0 Å². The SMILES string of the molecule is C=C1C(=CC=C2CCC[C@@]3(C)C2CC[C@@H]3[C@H](C)C=CC(=O)P(=O)(OCC)OCC)C[C@@H](O)C[C@@H]1O. The molecule has 0 aromatic carbocycles. The molecule has 0 heterocycles. The first-order valence-corrected chi connectivity index (χ1v) is 14.7. The summed E-state index contributed by atoms with van der Waals surface area (Å²) in [6.07, 6.45) is 12.7. The molecule has 3 aliphatic rings. The van der Waals surface area contributed by atoms with Crippen molar-refractivity contribution in [2.45, 2.75) is 84.8 Å². The van der Waals surface area contributed by atoms with Crippen LogP contribution in [0.1, 0.15) is 72.6 Å². The summed E-state index contributed by atoms with van der Waals surface area (Å²) >= 11 is 0. The van der Waals surface area contributed by atoms with Crippen molar-refractivity contribution in [3.05, 3.63) is 47.6 Å². The lowest BCUT2D eigenvalue weighted by Gasteiger charge is -2.44. The number of hydrogen-bond acceptors (Lipinski definition) is 6. The van der Waals surface area contributed by atoms with E-state index in [0.29, 0.717) is 24.7 Å². The average Bonchev–Trinajstić information content (AvgIpc) is 3.16. The van der Waals surface area contributed by atoms with Crippen molar-refractivity contribution in [2.24, 2.45) is 23.2 Å². The van der Waals surface area contributed by atoms with Gasteiger partial charge in [-0.25, -0.2) is 0 Å². The van der Waals surface area contributed by atoms with Crippen molar-refractivity contribution in [2.75, 3.05) is 13.2 Å². The van der Waals surface area contributed by atoms with Crippen molar-refractivity contribution in [3.63, 3.8) is 0 Å². The zero-order valence-electron chi connectivity index (χ0n) is 21.7. The molecule has 3 aliphatic carbocycles. The van der Waals surface area contributed by atoms with Gasteiger partial charge in [-0.2, -0.15) is 0 Å². The van der Waals surface area contributed by atoms with E-state index < -0.39 is 25.3 Å². The van der Waals surface area contributed by atoms with Gasteiger partial charge in [-0.1, -0.05) is 44.2 Å². The zero-order chi connectivity index (χ0) is 25.8. The molecule has 0 spiro atoms. The van der Waals surface area contributed by atoms with Crippen LogP contribution < -0.4 is 0 Å². The monoisotopic (exact) mass is 506 g/mol. The highest BCUT2D eigenvalue weighted by Crippen LogP contribution is 2.59. The highest BCUT2D eigenvalue weighted by molar-refractivity contribution is 7.72. The lowest BCUT2D eigenvalue weighted by molar-refractivity contribution is -0.109. The highest BCUT2D eigenvalue weighted by atomic mass is 31.2. The van der Waals surface area contributed by atoms with Crippen molar-refractivity contribution in [1.29, 1.82) is 0 Å². The minimum Gasteiger partial charge on any atom is -0.393 e. The third-order valence-corrected chi connectivity index (χ3v) is 10.2. The minimum absolute atomic E-state index is 0.127. The molecular formula is C28H43O6P. The van der Waals surface area contributed by atoms with Gasteiger partial charge in [-0.15, -0.1) is 0 Å². The molecule has 0 amide bonds. The molecule has 0 radical (unpaired) electrons. The van der Waals surface area contributed by atoms with Crippen LogP contribution in [0.3, 0.4) is 0 Å². The summed E-state index contributed by atoms with van der Waals surface area (Å²) in [5.74, 6) is 1.04.